The number of hydrogen-bond acceptors (Lipinski definition) is 5. The first-order chi connectivity index (χ1) is 11.1. The van der Waals surface area contributed by atoms with Crippen molar-refractivity contribution in [1.82, 2.24) is 9.97 Å². The lowest BCUT2D eigenvalue weighted by atomic mass is 10.1. The number of nitrogens with one attached hydrogen (secondary N) is 1. The molecule has 0 unspecified atom stereocenters. The van der Waals surface area contributed by atoms with Gasteiger partial charge in [-0.2, -0.15) is 0 Å². The molecule has 2 aromatic heterocycles. The van der Waals surface area contributed by atoms with Gasteiger partial charge < -0.3 is 10.4 Å². The van der Waals surface area contributed by atoms with Crippen LogP contribution in [0.25, 0.3) is 21.1 Å². The summed E-state index contributed by atoms with van der Waals surface area (Å²) in [7, 11) is 0. The average Bonchev–Trinajstić information content (AvgIpc) is 2.91. The van der Waals surface area contributed by atoms with Crippen molar-refractivity contribution in [3.05, 3.63) is 53.2 Å². The first-order valence-electron chi connectivity index (χ1n) is 7.33. The van der Waals surface area contributed by atoms with Gasteiger partial charge >= 0.3 is 0 Å². The van der Waals surface area contributed by atoms with Crippen LogP contribution in [0.3, 0.4) is 0 Å². The molecule has 114 valence electrons. The Balaban J connectivity index is 1.96. The van der Waals surface area contributed by atoms with Gasteiger partial charge in [0.15, 0.2) is 0 Å². The third-order valence-electron chi connectivity index (χ3n) is 3.86. The van der Waals surface area contributed by atoms with Crippen molar-refractivity contribution in [3.63, 3.8) is 0 Å². The van der Waals surface area contributed by atoms with Crippen molar-refractivity contribution in [2.75, 3.05) is 5.32 Å². The molecule has 4 aromatic rings. The van der Waals surface area contributed by atoms with Crippen LogP contribution in [0.4, 0.5) is 11.4 Å². The van der Waals surface area contributed by atoms with Gasteiger partial charge in [-0.1, -0.05) is 6.07 Å². The maximum Gasteiger partial charge on any atom is 0.117 e. The molecule has 0 atom stereocenters. The fourth-order valence-corrected chi connectivity index (χ4v) is 3.57. The highest BCUT2D eigenvalue weighted by molar-refractivity contribution is 7.18. The van der Waals surface area contributed by atoms with Gasteiger partial charge in [0.1, 0.15) is 5.75 Å². The van der Waals surface area contributed by atoms with Crippen LogP contribution in [0, 0.1) is 13.8 Å². The zero-order valence-electron chi connectivity index (χ0n) is 12.8. The number of phenolic OH excluding ortho intramolecular Hbond substituents is 1. The highest BCUT2D eigenvalue weighted by Crippen LogP contribution is 2.35. The Hall–Kier alpha value is -2.66. The monoisotopic (exact) mass is 321 g/mol. The molecule has 0 fully saturated rings. The number of aromatic nitrogens is 2. The summed E-state index contributed by atoms with van der Waals surface area (Å²) < 4.78 is 1.15. The van der Waals surface area contributed by atoms with Crippen LogP contribution in [0.15, 0.2) is 42.6 Å². The molecule has 0 saturated carbocycles. The second-order valence-electron chi connectivity index (χ2n) is 5.52. The lowest BCUT2D eigenvalue weighted by Gasteiger charge is -2.12. The van der Waals surface area contributed by atoms with Crippen molar-refractivity contribution >= 4 is 43.8 Å². The number of hydrogen-bond donors (Lipinski definition) is 2. The van der Waals surface area contributed by atoms with Gasteiger partial charge in [0.05, 0.1) is 31.8 Å². The number of aryl methyl sites for hydroxylation is 2. The second kappa shape index (κ2) is 5.21. The van der Waals surface area contributed by atoms with Crippen LogP contribution >= 0.6 is 11.3 Å². The molecule has 0 saturated heterocycles. The summed E-state index contributed by atoms with van der Waals surface area (Å²) in [5.74, 6) is 0.242. The molecule has 2 heterocycles. The predicted octanol–water partition coefficient (Wildman–Crippen LogP) is 4.91. The number of pyridine rings is 1. The Kier molecular flexibility index (Phi) is 3.16. The predicted molar refractivity (Wildman–Crippen MR) is 95.8 cm³/mol. The molecule has 0 aliphatic rings. The van der Waals surface area contributed by atoms with Crippen LogP contribution in [-0.4, -0.2) is 15.1 Å². The quantitative estimate of drug-likeness (QED) is 0.551. The Morgan fingerprint density at radius 3 is 2.78 bits per heavy atom. The molecule has 5 heteroatoms. The minimum absolute atomic E-state index is 0.242. The Bertz CT molecular complexity index is 1040. The maximum absolute atomic E-state index is 9.74. The molecule has 4 nitrogen and oxygen atoms in total. The Morgan fingerprint density at radius 1 is 1.04 bits per heavy atom. The zero-order valence-corrected chi connectivity index (χ0v) is 13.6. The SMILES string of the molecule is Cc1nc2c(ccc3nccc(Nc4cc(O)ccc4C)c32)s1. The molecule has 2 N–H and O–H groups in total. The van der Waals surface area contributed by atoms with Gasteiger partial charge in [-0.25, -0.2) is 4.98 Å². The summed E-state index contributed by atoms with van der Waals surface area (Å²) in [5.41, 5.74) is 4.76. The zero-order chi connectivity index (χ0) is 16.0. The number of thiazole rings is 1. The first kappa shape index (κ1) is 14.0. The number of benzene rings is 2. The molecule has 0 aliphatic carbocycles. The smallest absolute Gasteiger partial charge is 0.117 e. The molecule has 0 spiro atoms. The van der Waals surface area contributed by atoms with Gasteiger partial charge in [-0.3, -0.25) is 4.98 Å². The summed E-state index contributed by atoms with van der Waals surface area (Å²) in [6, 6.07) is 11.3. The molecule has 2 aromatic carbocycles. The minimum atomic E-state index is 0.242. The summed E-state index contributed by atoms with van der Waals surface area (Å²) >= 11 is 1.68. The van der Waals surface area contributed by atoms with Gasteiger partial charge in [0.25, 0.3) is 0 Å². The minimum Gasteiger partial charge on any atom is -0.508 e. The summed E-state index contributed by atoms with van der Waals surface area (Å²) in [4.78, 5) is 9.13. The van der Waals surface area contributed by atoms with E-state index in [9.17, 15) is 5.11 Å². The normalized spacial score (nSPS) is 11.2. The van der Waals surface area contributed by atoms with Crippen LogP contribution in [0.5, 0.6) is 5.75 Å². The van der Waals surface area contributed by atoms with Gasteiger partial charge in [0.2, 0.25) is 0 Å². The van der Waals surface area contributed by atoms with E-state index in [0.29, 0.717) is 0 Å². The van der Waals surface area contributed by atoms with E-state index >= 15 is 0 Å². The van der Waals surface area contributed by atoms with Crippen molar-refractivity contribution < 1.29 is 5.11 Å². The van der Waals surface area contributed by atoms with Gasteiger partial charge in [-0.15, -0.1) is 11.3 Å². The molecule has 0 radical (unpaired) electrons. The van der Waals surface area contributed by atoms with E-state index in [1.54, 1.807) is 29.7 Å². The van der Waals surface area contributed by atoms with Crippen LogP contribution in [0.1, 0.15) is 10.6 Å². The molecule has 0 amide bonds. The lowest BCUT2D eigenvalue weighted by Crippen LogP contribution is -1.95. The third kappa shape index (κ3) is 2.39. The van der Waals surface area contributed by atoms with E-state index < -0.39 is 0 Å². The van der Waals surface area contributed by atoms with Crippen LogP contribution in [-0.2, 0) is 0 Å². The van der Waals surface area contributed by atoms with E-state index in [1.807, 2.05) is 32.0 Å². The molecule has 4 rings (SSSR count). The molecule has 23 heavy (non-hydrogen) atoms. The van der Waals surface area contributed by atoms with E-state index in [0.717, 1.165) is 43.1 Å². The van der Waals surface area contributed by atoms with Gasteiger partial charge in [-0.05, 0) is 43.7 Å². The molecule has 0 bridgehead atoms. The highest BCUT2D eigenvalue weighted by atomic mass is 32.1. The summed E-state index contributed by atoms with van der Waals surface area (Å²) in [6.45, 7) is 4.02. The average molecular weight is 321 g/mol. The van der Waals surface area contributed by atoms with Gasteiger partial charge in [0, 0.05) is 18.0 Å². The topological polar surface area (TPSA) is 58.0 Å². The number of anilines is 2. The standard InChI is InChI=1S/C18H15N3OS/c1-10-3-4-12(22)9-15(10)21-14-7-8-19-13-5-6-16-18(17(13)14)20-11(2)23-16/h3-9,22H,1-2H3,(H,19,21). The van der Waals surface area contributed by atoms with Crippen molar-refractivity contribution in [3.8, 4) is 5.75 Å². The maximum atomic E-state index is 9.74. The van der Waals surface area contributed by atoms with Crippen molar-refractivity contribution in [1.29, 1.82) is 0 Å². The van der Waals surface area contributed by atoms with E-state index in [4.69, 9.17) is 0 Å². The highest BCUT2D eigenvalue weighted by Gasteiger charge is 2.11. The first-order valence-corrected chi connectivity index (χ1v) is 8.15. The third-order valence-corrected chi connectivity index (χ3v) is 4.80. The fourth-order valence-electron chi connectivity index (χ4n) is 2.74. The van der Waals surface area contributed by atoms with Crippen molar-refractivity contribution in [2.24, 2.45) is 0 Å². The number of fused-ring (bicyclic) bond motifs is 3. The van der Waals surface area contributed by atoms with Crippen LogP contribution in [0.2, 0.25) is 0 Å². The number of nitrogens with zero attached hydrogens (tertiary/aromatic N) is 2. The Morgan fingerprint density at radius 2 is 1.91 bits per heavy atom. The number of phenols is 1. The van der Waals surface area contributed by atoms with E-state index in [-0.39, 0.29) is 5.75 Å². The van der Waals surface area contributed by atoms with Crippen molar-refractivity contribution in [2.45, 2.75) is 13.8 Å². The summed E-state index contributed by atoms with van der Waals surface area (Å²) in [6.07, 6.45) is 1.79. The van der Waals surface area contributed by atoms with E-state index in [2.05, 4.69) is 21.4 Å². The molecule has 0 aliphatic heterocycles. The largest absolute Gasteiger partial charge is 0.508 e. The lowest BCUT2D eigenvalue weighted by molar-refractivity contribution is 0.475. The number of rotatable bonds is 2. The summed E-state index contributed by atoms with van der Waals surface area (Å²) in [5, 5.41) is 15.2. The Labute approximate surface area is 137 Å². The fraction of sp³-hybridized carbons (Fsp3) is 0.111. The molecular weight excluding hydrogens is 306 g/mol. The van der Waals surface area contributed by atoms with E-state index in [1.165, 1.54) is 0 Å². The number of aromatic hydroxyl groups is 1. The van der Waals surface area contributed by atoms with Crippen LogP contribution < -0.4 is 5.32 Å². The molecular formula is C18H15N3OS. The second-order valence-corrected chi connectivity index (χ2v) is 6.76.